The van der Waals surface area contributed by atoms with Crippen LogP contribution in [-0.2, 0) is 30.1 Å². The van der Waals surface area contributed by atoms with E-state index in [0.29, 0.717) is 22.5 Å². The number of carbonyl (C=O) groups is 3. The lowest BCUT2D eigenvalue weighted by molar-refractivity contribution is -0.154. The molecule has 4 atom stereocenters. The molecule has 7 rings (SSSR count). The van der Waals surface area contributed by atoms with Gasteiger partial charge in [0.25, 0.3) is 5.91 Å². The van der Waals surface area contributed by atoms with Gasteiger partial charge in [-0.25, -0.2) is 4.90 Å². The number of para-hydroxylation sites is 2. The van der Waals surface area contributed by atoms with Crippen LogP contribution in [0.15, 0.2) is 103 Å². The van der Waals surface area contributed by atoms with Crippen LogP contribution < -0.4 is 9.80 Å². The number of carbonyl (C=O) groups excluding carboxylic acids is 3. The number of anilines is 2. The molecule has 1 saturated heterocycles. The van der Waals surface area contributed by atoms with Gasteiger partial charge in [-0.3, -0.25) is 14.4 Å². The third kappa shape index (κ3) is 2.84. The van der Waals surface area contributed by atoms with E-state index in [4.69, 9.17) is 4.74 Å². The summed E-state index contributed by atoms with van der Waals surface area (Å²) in [6.07, 6.45) is -0.657. The van der Waals surface area contributed by atoms with Crippen LogP contribution in [0, 0.1) is 6.92 Å². The summed E-state index contributed by atoms with van der Waals surface area (Å²) in [4.78, 5) is 45.8. The zero-order valence-corrected chi connectivity index (χ0v) is 22.5. The van der Waals surface area contributed by atoms with Crippen molar-refractivity contribution in [2.45, 2.75) is 36.9 Å². The number of rotatable bonds is 2. The summed E-state index contributed by atoms with van der Waals surface area (Å²) in [6.45, 7) is 3.41. The molecule has 0 radical (unpaired) electrons. The molecule has 0 aliphatic carbocycles. The lowest BCUT2D eigenvalue weighted by Crippen LogP contribution is -2.59. The molecule has 1 fully saturated rings. The fourth-order valence-electron chi connectivity index (χ4n) is 7.28. The summed E-state index contributed by atoms with van der Waals surface area (Å²) >= 11 is 0. The molecule has 0 N–H and O–H groups in total. The Bertz CT molecular complexity index is 1700. The molecule has 198 valence electrons. The van der Waals surface area contributed by atoms with Crippen LogP contribution in [0.25, 0.3) is 0 Å². The van der Waals surface area contributed by atoms with Gasteiger partial charge in [-0.05, 0) is 35.7 Å². The average Bonchev–Trinajstić information content (AvgIpc) is 3.52. The second-order valence-corrected chi connectivity index (χ2v) is 10.9. The fraction of sp³-hybridized carbons (Fsp3) is 0.206. The minimum Gasteiger partial charge on any atom is -0.350 e. The molecule has 0 unspecified atom stereocenters. The molecule has 0 bridgehead atoms. The Morgan fingerprint density at radius 3 is 2.00 bits per heavy atom. The van der Waals surface area contributed by atoms with Gasteiger partial charge in [0, 0.05) is 25.5 Å². The van der Waals surface area contributed by atoms with Crippen molar-refractivity contribution >= 4 is 29.1 Å². The molecule has 6 nitrogen and oxygen atoms in total. The smallest absolute Gasteiger partial charge is 0.265 e. The Balaban J connectivity index is 1.66. The number of amides is 3. The third-order valence-electron chi connectivity index (χ3n) is 8.87. The Morgan fingerprint density at radius 2 is 1.32 bits per heavy atom. The normalized spacial score (nSPS) is 26.6. The highest BCUT2D eigenvalue weighted by Gasteiger charge is 2.80. The van der Waals surface area contributed by atoms with Crippen LogP contribution in [0.1, 0.15) is 46.8 Å². The van der Waals surface area contributed by atoms with Crippen LogP contribution in [0.3, 0.4) is 0 Å². The summed E-state index contributed by atoms with van der Waals surface area (Å²) in [6, 6.07) is 32.7. The van der Waals surface area contributed by atoms with Crippen LogP contribution in [0.4, 0.5) is 11.4 Å². The SMILES string of the molecule is CC(=O)N1C(=O)[C@]2(c3ccccc31)[C@@H](c1ccccc1)[C@H](c1ccc(C)cc1)O[C@@]21C(=O)N(C)c2ccccc21. The maximum atomic E-state index is 15.1. The fourth-order valence-corrected chi connectivity index (χ4v) is 7.28. The summed E-state index contributed by atoms with van der Waals surface area (Å²) in [5.74, 6) is -1.78. The van der Waals surface area contributed by atoms with Gasteiger partial charge in [-0.1, -0.05) is 96.6 Å². The van der Waals surface area contributed by atoms with E-state index in [-0.39, 0.29) is 5.91 Å². The minimum atomic E-state index is -1.70. The number of imide groups is 1. The Labute approximate surface area is 232 Å². The molecule has 4 aromatic rings. The van der Waals surface area contributed by atoms with E-state index in [1.807, 2.05) is 104 Å². The van der Waals surface area contributed by atoms with E-state index < -0.39 is 34.9 Å². The predicted octanol–water partition coefficient (Wildman–Crippen LogP) is 5.55. The number of benzene rings is 4. The number of ether oxygens (including phenoxy) is 1. The molecule has 0 aromatic heterocycles. The van der Waals surface area contributed by atoms with Gasteiger partial charge in [0.2, 0.25) is 11.8 Å². The van der Waals surface area contributed by atoms with Crippen molar-refractivity contribution in [3.63, 3.8) is 0 Å². The highest BCUT2D eigenvalue weighted by atomic mass is 16.5. The molecule has 3 amide bonds. The second kappa shape index (κ2) is 8.47. The summed E-state index contributed by atoms with van der Waals surface area (Å²) in [7, 11) is 1.72. The van der Waals surface area contributed by atoms with Crippen molar-refractivity contribution in [2.75, 3.05) is 16.8 Å². The van der Waals surface area contributed by atoms with E-state index in [1.165, 1.54) is 11.8 Å². The molecule has 0 saturated carbocycles. The van der Waals surface area contributed by atoms with Gasteiger partial charge in [0.1, 0.15) is 5.41 Å². The van der Waals surface area contributed by atoms with Crippen LogP contribution in [-0.4, -0.2) is 24.8 Å². The molecular weight excluding hydrogens is 500 g/mol. The maximum Gasteiger partial charge on any atom is 0.265 e. The first-order chi connectivity index (χ1) is 19.3. The minimum absolute atomic E-state index is 0.321. The number of hydrogen-bond acceptors (Lipinski definition) is 4. The Morgan fingerprint density at radius 1 is 0.725 bits per heavy atom. The molecule has 6 heteroatoms. The number of aryl methyl sites for hydroxylation is 1. The standard InChI is InChI=1S/C34H28N2O4/c1-21-17-19-24(20-18-21)30-29(23-11-5-4-6-12-23)33(25-13-7-10-16-28(25)36(22(2)37)31(33)38)34(40-30)26-14-8-9-15-27(26)35(3)32(34)39/h4-20,29-30H,1-3H3/t29-,30-,33-,34-/m0/s1. The zero-order valence-electron chi connectivity index (χ0n) is 22.5. The van der Waals surface area contributed by atoms with E-state index >= 15 is 4.79 Å². The van der Waals surface area contributed by atoms with Gasteiger partial charge in [-0.2, -0.15) is 0 Å². The Hall–Kier alpha value is -4.55. The van der Waals surface area contributed by atoms with Gasteiger partial charge < -0.3 is 9.64 Å². The molecule has 3 heterocycles. The number of nitrogens with zero attached hydrogens (tertiary/aromatic N) is 2. The number of likely N-dealkylation sites (N-methyl/N-ethyl adjacent to an activating group) is 1. The summed E-state index contributed by atoms with van der Waals surface area (Å²) in [5.41, 5.74) is 2.00. The van der Waals surface area contributed by atoms with Gasteiger partial charge in [0.05, 0.1) is 17.5 Å². The number of fused-ring (bicyclic) bond motifs is 5. The maximum absolute atomic E-state index is 15.1. The third-order valence-corrected chi connectivity index (χ3v) is 8.87. The van der Waals surface area contributed by atoms with Crippen molar-refractivity contribution in [3.8, 4) is 0 Å². The van der Waals surface area contributed by atoms with Crippen molar-refractivity contribution in [2.24, 2.45) is 0 Å². The number of hydrogen-bond donors (Lipinski definition) is 0. The Kier molecular flexibility index (Phi) is 5.19. The lowest BCUT2D eigenvalue weighted by Gasteiger charge is -2.40. The summed E-state index contributed by atoms with van der Waals surface area (Å²) in [5, 5.41) is 0. The van der Waals surface area contributed by atoms with Crippen molar-refractivity contribution in [3.05, 3.63) is 131 Å². The van der Waals surface area contributed by atoms with E-state index in [2.05, 4.69) is 0 Å². The predicted molar refractivity (Wildman–Crippen MR) is 152 cm³/mol. The molecule has 3 aliphatic heterocycles. The first kappa shape index (κ1) is 24.5. The first-order valence-electron chi connectivity index (χ1n) is 13.5. The van der Waals surface area contributed by atoms with Gasteiger partial charge in [0.15, 0.2) is 5.60 Å². The first-order valence-corrected chi connectivity index (χ1v) is 13.5. The topological polar surface area (TPSA) is 66.9 Å². The van der Waals surface area contributed by atoms with E-state index in [1.54, 1.807) is 18.0 Å². The van der Waals surface area contributed by atoms with Crippen LogP contribution in [0.2, 0.25) is 0 Å². The van der Waals surface area contributed by atoms with Crippen molar-refractivity contribution < 1.29 is 19.1 Å². The molecule has 3 aliphatic rings. The molecule has 2 spiro atoms. The van der Waals surface area contributed by atoms with Gasteiger partial charge >= 0.3 is 0 Å². The molecular formula is C34H28N2O4. The van der Waals surface area contributed by atoms with Crippen molar-refractivity contribution in [1.29, 1.82) is 0 Å². The monoisotopic (exact) mass is 528 g/mol. The highest BCUT2D eigenvalue weighted by Crippen LogP contribution is 2.71. The van der Waals surface area contributed by atoms with Crippen molar-refractivity contribution in [1.82, 2.24) is 0 Å². The van der Waals surface area contributed by atoms with Crippen LogP contribution in [0.5, 0.6) is 0 Å². The van der Waals surface area contributed by atoms with Gasteiger partial charge in [-0.15, -0.1) is 0 Å². The zero-order chi connectivity index (χ0) is 27.8. The molecule has 4 aromatic carbocycles. The largest absolute Gasteiger partial charge is 0.350 e. The highest BCUT2D eigenvalue weighted by molar-refractivity contribution is 6.26. The molecule has 40 heavy (non-hydrogen) atoms. The lowest BCUT2D eigenvalue weighted by atomic mass is 9.57. The van der Waals surface area contributed by atoms with Crippen LogP contribution >= 0.6 is 0 Å². The summed E-state index contributed by atoms with van der Waals surface area (Å²) < 4.78 is 7.16. The second-order valence-electron chi connectivity index (χ2n) is 10.9. The van der Waals surface area contributed by atoms with E-state index in [9.17, 15) is 9.59 Å². The van der Waals surface area contributed by atoms with E-state index in [0.717, 1.165) is 16.7 Å². The quantitative estimate of drug-likeness (QED) is 0.342. The average molecular weight is 529 g/mol.